The highest BCUT2D eigenvalue weighted by molar-refractivity contribution is 5.20. The van der Waals surface area contributed by atoms with Crippen molar-refractivity contribution in [3.63, 3.8) is 0 Å². The summed E-state index contributed by atoms with van der Waals surface area (Å²) < 4.78 is 0. The molecule has 0 bridgehead atoms. The van der Waals surface area contributed by atoms with E-state index in [9.17, 15) is 0 Å². The van der Waals surface area contributed by atoms with Gasteiger partial charge in [-0.05, 0) is 24.0 Å². The molecule has 18 heavy (non-hydrogen) atoms. The Morgan fingerprint density at radius 1 is 0.833 bits per heavy atom. The summed E-state index contributed by atoms with van der Waals surface area (Å²) in [5, 5.41) is 0. The van der Waals surface area contributed by atoms with Crippen molar-refractivity contribution in [1.82, 2.24) is 0 Å². The molecule has 2 N–H and O–H groups in total. The van der Waals surface area contributed by atoms with Gasteiger partial charge in [-0.3, -0.25) is 0 Å². The smallest absolute Gasteiger partial charge is 0.0264 e. The zero-order valence-corrected chi connectivity index (χ0v) is 10.5. The van der Waals surface area contributed by atoms with Crippen molar-refractivity contribution >= 4 is 0 Å². The quantitative estimate of drug-likeness (QED) is 0.793. The minimum Gasteiger partial charge on any atom is -0.324 e. The highest BCUT2D eigenvalue weighted by Gasteiger charge is 1.98. The highest BCUT2D eigenvalue weighted by Crippen LogP contribution is 2.04. The number of hydrogen-bond donors (Lipinski definition) is 1. The molecule has 2 rings (SSSR count). The van der Waals surface area contributed by atoms with Crippen LogP contribution in [0.25, 0.3) is 0 Å². The van der Waals surface area contributed by atoms with Gasteiger partial charge in [-0.1, -0.05) is 72.8 Å². The Labute approximate surface area is 109 Å². The van der Waals surface area contributed by atoms with Crippen molar-refractivity contribution in [2.45, 2.75) is 18.9 Å². The lowest BCUT2D eigenvalue weighted by Crippen LogP contribution is -2.19. The number of hydrogen-bond acceptors (Lipinski definition) is 1. The van der Waals surface area contributed by atoms with Gasteiger partial charge < -0.3 is 5.73 Å². The van der Waals surface area contributed by atoms with E-state index in [0.717, 1.165) is 12.8 Å². The van der Waals surface area contributed by atoms with Gasteiger partial charge in [0.2, 0.25) is 0 Å². The van der Waals surface area contributed by atoms with E-state index < -0.39 is 0 Å². The van der Waals surface area contributed by atoms with Gasteiger partial charge in [-0.15, -0.1) is 0 Å². The van der Waals surface area contributed by atoms with Crippen LogP contribution < -0.4 is 5.73 Å². The molecule has 0 amide bonds. The monoisotopic (exact) mass is 237 g/mol. The fourth-order valence-electron chi connectivity index (χ4n) is 1.95. The maximum absolute atomic E-state index is 6.08. The minimum atomic E-state index is 0.0936. The zero-order valence-electron chi connectivity index (χ0n) is 10.5. The predicted octanol–water partition coefficient (Wildman–Crippen LogP) is 3.36. The van der Waals surface area contributed by atoms with Crippen molar-refractivity contribution in [2.75, 3.05) is 0 Å². The van der Waals surface area contributed by atoms with Gasteiger partial charge in [-0.2, -0.15) is 0 Å². The second-order valence-corrected chi connectivity index (χ2v) is 4.47. The molecule has 2 aromatic carbocycles. The summed E-state index contributed by atoms with van der Waals surface area (Å²) in [6, 6.07) is 20.9. The topological polar surface area (TPSA) is 26.0 Å². The van der Waals surface area contributed by atoms with Crippen LogP contribution >= 0.6 is 0 Å². The lowest BCUT2D eigenvalue weighted by atomic mass is 10.1. The van der Waals surface area contributed by atoms with Gasteiger partial charge in [0.1, 0.15) is 0 Å². The molecule has 0 saturated heterocycles. The summed E-state index contributed by atoms with van der Waals surface area (Å²) in [6.45, 7) is 0. The molecule has 2 aromatic rings. The molecule has 0 aromatic heterocycles. The van der Waals surface area contributed by atoms with Crippen molar-refractivity contribution in [1.29, 1.82) is 0 Å². The lowest BCUT2D eigenvalue weighted by molar-refractivity contribution is 0.807. The average Bonchev–Trinajstić information content (AvgIpc) is 2.41. The first kappa shape index (κ1) is 12.6. The normalized spacial score (nSPS) is 12.7. The molecule has 92 valence electrons. The van der Waals surface area contributed by atoms with Crippen LogP contribution in [0.5, 0.6) is 0 Å². The fraction of sp³-hybridized carbons (Fsp3) is 0.176. The Kier molecular flexibility index (Phi) is 4.74. The predicted molar refractivity (Wildman–Crippen MR) is 77.4 cm³/mol. The molecule has 1 heteroatoms. The Morgan fingerprint density at radius 2 is 1.39 bits per heavy atom. The first-order chi connectivity index (χ1) is 8.84. The molecule has 0 heterocycles. The zero-order chi connectivity index (χ0) is 12.6. The molecule has 0 aliphatic carbocycles. The highest BCUT2D eigenvalue weighted by atomic mass is 14.6. The van der Waals surface area contributed by atoms with E-state index in [1.165, 1.54) is 11.1 Å². The first-order valence-electron chi connectivity index (χ1n) is 6.34. The van der Waals surface area contributed by atoms with Gasteiger partial charge in [0.05, 0.1) is 0 Å². The van der Waals surface area contributed by atoms with Crippen molar-refractivity contribution < 1.29 is 0 Å². The minimum absolute atomic E-state index is 0.0936. The van der Waals surface area contributed by atoms with E-state index in [2.05, 4.69) is 60.7 Å². The van der Waals surface area contributed by atoms with Gasteiger partial charge in [0.25, 0.3) is 0 Å². The third-order valence-electron chi connectivity index (χ3n) is 2.89. The van der Waals surface area contributed by atoms with Gasteiger partial charge in [-0.25, -0.2) is 0 Å². The largest absolute Gasteiger partial charge is 0.324 e. The van der Waals surface area contributed by atoms with E-state index in [1.54, 1.807) is 0 Å². The number of nitrogens with two attached hydrogens (primary N) is 1. The Morgan fingerprint density at radius 3 is 2.00 bits per heavy atom. The molecule has 0 saturated carbocycles. The second kappa shape index (κ2) is 6.77. The molecular formula is C17H19N. The van der Waals surface area contributed by atoms with E-state index in [-0.39, 0.29) is 6.04 Å². The number of benzene rings is 2. The van der Waals surface area contributed by atoms with Crippen LogP contribution in [0.4, 0.5) is 0 Å². The molecule has 1 atom stereocenters. The van der Waals surface area contributed by atoms with Gasteiger partial charge in [0, 0.05) is 6.04 Å². The van der Waals surface area contributed by atoms with Gasteiger partial charge >= 0.3 is 0 Å². The van der Waals surface area contributed by atoms with Crippen molar-refractivity contribution in [3.8, 4) is 0 Å². The average molecular weight is 237 g/mol. The molecule has 0 fully saturated rings. The van der Waals surface area contributed by atoms with Crippen LogP contribution in [-0.2, 0) is 12.8 Å². The standard InChI is InChI=1S/C17H19N/c18-17(14-16-10-5-2-6-11-16)13-7-12-15-8-3-1-4-9-15/h1-11,13,17H,12,14,18H2/t17-/m1/s1. The maximum Gasteiger partial charge on any atom is 0.0264 e. The van der Waals surface area contributed by atoms with Crippen LogP contribution in [0.3, 0.4) is 0 Å². The van der Waals surface area contributed by atoms with Crippen molar-refractivity contribution in [3.05, 3.63) is 83.9 Å². The Balaban J connectivity index is 1.82. The Bertz CT molecular complexity index is 473. The number of rotatable bonds is 5. The van der Waals surface area contributed by atoms with Crippen LogP contribution in [0.15, 0.2) is 72.8 Å². The van der Waals surface area contributed by atoms with E-state index in [0.29, 0.717) is 0 Å². The second-order valence-electron chi connectivity index (χ2n) is 4.47. The van der Waals surface area contributed by atoms with E-state index in [4.69, 9.17) is 5.73 Å². The summed E-state index contributed by atoms with van der Waals surface area (Å²) in [4.78, 5) is 0. The molecular weight excluding hydrogens is 218 g/mol. The summed E-state index contributed by atoms with van der Waals surface area (Å²) >= 11 is 0. The molecule has 0 spiro atoms. The van der Waals surface area contributed by atoms with Crippen LogP contribution in [-0.4, -0.2) is 6.04 Å². The third-order valence-corrected chi connectivity index (χ3v) is 2.89. The first-order valence-corrected chi connectivity index (χ1v) is 6.34. The molecule has 1 nitrogen and oxygen atoms in total. The lowest BCUT2D eigenvalue weighted by Gasteiger charge is -2.06. The molecule has 0 aliphatic heterocycles. The van der Waals surface area contributed by atoms with Crippen LogP contribution in [0.2, 0.25) is 0 Å². The molecule has 0 aliphatic rings. The Hall–Kier alpha value is -1.86. The van der Waals surface area contributed by atoms with Crippen LogP contribution in [0.1, 0.15) is 11.1 Å². The summed E-state index contributed by atoms with van der Waals surface area (Å²) in [6.07, 6.45) is 6.10. The number of allylic oxidation sites excluding steroid dienone is 1. The van der Waals surface area contributed by atoms with E-state index >= 15 is 0 Å². The SMILES string of the molecule is N[C@H](C=CCc1ccccc1)Cc1ccccc1. The summed E-state index contributed by atoms with van der Waals surface area (Å²) in [5.74, 6) is 0. The van der Waals surface area contributed by atoms with Gasteiger partial charge in [0.15, 0.2) is 0 Å². The molecule has 0 radical (unpaired) electrons. The summed E-state index contributed by atoms with van der Waals surface area (Å²) in [7, 11) is 0. The third kappa shape index (κ3) is 4.19. The van der Waals surface area contributed by atoms with E-state index in [1.807, 2.05) is 12.1 Å². The van der Waals surface area contributed by atoms with Crippen molar-refractivity contribution in [2.24, 2.45) is 5.73 Å². The summed E-state index contributed by atoms with van der Waals surface area (Å²) in [5.41, 5.74) is 8.69. The molecule has 0 unspecified atom stereocenters. The maximum atomic E-state index is 6.08. The fourth-order valence-corrected chi connectivity index (χ4v) is 1.95. The van der Waals surface area contributed by atoms with Crippen LogP contribution in [0, 0.1) is 0 Å².